The number of benzene rings is 2. The quantitative estimate of drug-likeness (QED) is 0.0995. The van der Waals surface area contributed by atoms with Crippen molar-refractivity contribution in [3.8, 4) is 0 Å². The molecule has 0 N–H and O–H groups in total. The SMILES string of the molecule is CC(C)(Cc1cccc(CC(C)(C)C(=O)[O-])c1)C(=O)[O-].CC(C)(Cc1cccc(CC(C)(C)C(=O)[O-])c1)C(=O)[O-].CN(C)C=O.CN(C)C=O.FF.FF.[F-].[F-].[F-].[F-].[Ru+3].[Ru+3].[Sb]. The van der Waals surface area contributed by atoms with Crippen LogP contribution < -0.4 is 39.2 Å². The summed E-state index contributed by atoms with van der Waals surface area (Å²) in [6, 6.07) is 14.6. The molecule has 0 aliphatic heterocycles. The molecule has 12 nitrogen and oxygen atoms in total. The number of hydrogen-bond acceptors (Lipinski definition) is 10. The fourth-order valence-corrected chi connectivity index (χ4v) is 4.03. The van der Waals surface area contributed by atoms with Gasteiger partial charge in [0, 0.05) is 116 Å². The Kier molecular flexibility index (Phi) is 58.7. The van der Waals surface area contributed by atoms with Gasteiger partial charge in [-0.15, -0.1) is 0 Å². The summed E-state index contributed by atoms with van der Waals surface area (Å²) in [7, 11) is 6.75. The van der Waals surface area contributed by atoms with E-state index in [1.54, 1.807) is 95.7 Å². The predicted octanol–water partition coefficient (Wildman–Crippen LogP) is -10.6. The Hall–Kier alpha value is -3.24. The molecule has 2 amide bonds. The molecule has 2 aromatic rings. The molecule has 355 valence electrons. The van der Waals surface area contributed by atoms with E-state index < -0.39 is 45.5 Å². The molecule has 0 fully saturated rings. The van der Waals surface area contributed by atoms with Crippen LogP contribution in [0.25, 0.3) is 0 Å². The molecule has 0 unspecified atom stereocenters. The number of rotatable bonds is 14. The molecule has 0 aliphatic rings. The standard InChI is InChI=1S/2C16H22O4.2C3H7NO.2F2.4FH.2Ru.Sb/c2*1-15(2,13(17)18)9-11-6-5-7-12(8-11)10-16(3,4)14(19)20;2*1-4(2)3-5;2*1-2;;;;;;;/h2*5-8H,9-10H2,1-4H3,(H,17,18)(H,19,20);2*3H,1-2H3;;;4*1H;;;/q;;;;;;;;;;2*+3;/p-8. The Balaban J connectivity index is -0.0000000640. The molecule has 0 atom stereocenters. The Morgan fingerprint density at radius 3 is 0.705 bits per heavy atom. The van der Waals surface area contributed by atoms with Crippen LogP contribution in [0.5, 0.6) is 0 Å². The monoisotopic (exact) mass is 1180 g/mol. The van der Waals surface area contributed by atoms with E-state index in [0.29, 0.717) is 25.7 Å². The molecular formula is C38H54F8N2O10Ru2Sb-2. The molecule has 61 heavy (non-hydrogen) atoms. The summed E-state index contributed by atoms with van der Waals surface area (Å²) in [6.07, 6.45) is 2.87. The van der Waals surface area contributed by atoms with Crippen LogP contribution in [0.1, 0.15) is 77.6 Å². The summed E-state index contributed by atoms with van der Waals surface area (Å²) in [4.78, 5) is 65.9. The van der Waals surface area contributed by atoms with Crippen molar-refractivity contribution in [3.63, 3.8) is 0 Å². The first-order valence-electron chi connectivity index (χ1n) is 16.2. The Labute approximate surface area is 395 Å². The number of carboxylic acid groups (broad SMARTS) is 4. The van der Waals surface area contributed by atoms with Crippen LogP contribution in [0.2, 0.25) is 0 Å². The normalized spacial score (nSPS) is 9.31. The topological polar surface area (TPSA) is 201 Å². The summed E-state index contributed by atoms with van der Waals surface area (Å²) in [5, 5.41) is 44.1. The largest absolute Gasteiger partial charge is 3.00 e. The van der Waals surface area contributed by atoms with E-state index in [0.717, 1.165) is 35.1 Å². The molecule has 2 rings (SSSR count). The van der Waals surface area contributed by atoms with Crippen LogP contribution in [0.3, 0.4) is 0 Å². The molecule has 5 radical (unpaired) electrons. The summed E-state index contributed by atoms with van der Waals surface area (Å²) < 4.78 is 32.0. The minimum absolute atomic E-state index is 0. The van der Waals surface area contributed by atoms with Crippen LogP contribution in [0, 0.1) is 21.7 Å². The van der Waals surface area contributed by atoms with Gasteiger partial charge in [0.15, 0.2) is 0 Å². The Morgan fingerprint density at radius 1 is 0.475 bits per heavy atom. The third-order valence-electron chi connectivity index (χ3n) is 7.20. The van der Waals surface area contributed by atoms with Crippen LogP contribution in [-0.4, -0.2) is 99.1 Å². The number of carbonyl (C=O) groups excluding carboxylic acids is 6. The molecule has 0 aliphatic carbocycles. The molecular weight excluding hydrogens is 1120 g/mol. The molecule has 0 spiro atoms. The zero-order valence-electron chi connectivity index (χ0n) is 35.8. The minimum Gasteiger partial charge on any atom is -1.00 e. The van der Waals surface area contributed by atoms with Crippen molar-refractivity contribution in [2.24, 2.45) is 21.7 Å². The van der Waals surface area contributed by atoms with Gasteiger partial charge in [-0.3, -0.25) is 9.59 Å². The number of aliphatic carboxylic acids is 4. The van der Waals surface area contributed by atoms with Gasteiger partial charge < -0.3 is 68.2 Å². The van der Waals surface area contributed by atoms with Crippen LogP contribution in [-0.2, 0) is 93.4 Å². The number of carboxylic acids is 4. The van der Waals surface area contributed by atoms with Gasteiger partial charge in [0.1, 0.15) is 0 Å². The van der Waals surface area contributed by atoms with Gasteiger partial charge in [0.05, 0.1) is 0 Å². The first-order valence-corrected chi connectivity index (χ1v) is 16.2. The Bertz CT molecular complexity index is 1290. The van der Waals surface area contributed by atoms with Gasteiger partial charge in [0.25, 0.3) is 0 Å². The predicted molar refractivity (Wildman–Crippen MR) is 193 cm³/mol. The molecule has 0 saturated heterocycles. The second-order valence-electron chi connectivity index (χ2n) is 15.2. The van der Waals surface area contributed by atoms with E-state index in [9.17, 15) is 49.2 Å². The summed E-state index contributed by atoms with van der Waals surface area (Å²) in [5.74, 6) is -4.40. The summed E-state index contributed by atoms with van der Waals surface area (Å²) in [5.41, 5.74) is -0.413. The van der Waals surface area contributed by atoms with Crippen molar-refractivity contribution in [2.45, 2.75) is 81.1 Å². The smallest absolute Gasteiger partial charge is 1.00 e. The fraction of sp³-hybridized carbons (Fsp3) is 0.526. The van der Waals surface area contributed by atoms with E-state index >= 15 is 0 Å². The molecule has 0 saturated carbocycles. The van der Waals surface area contributed by atoms with Crippen molar-refractivity contribution in [1.29, 1.82) is 0 Å². The van der Waals surface area contributed by atoms with Gasteiger partial charge in [0.2, 0.25) is 12.8 Å². The fourth-order valence-electron chi connectivity index (χ4n) is 4.03. The number of hydrogen-bond donors (Lipinski definition) is 0. The number of halogens is 8. The number of nitrogens with zero attached hydrogens (tertiary/aromatic N) is 2. The molecule has 2 aromatic carbocycles. The van der Waals surface area contributed by atoms with E-state index in [-0.39, 0.29) is 82.2 Å². The Morgan fingerprint density at radius 2 is 0.607 bits per heavy atom. The molecule has 0 heterocycles. The maximum Gasteiger partial charge on any atom is 3.00 e. The van der Waals surface area contributed by atoms with Crippen molar-refractivity contribution in [3.05, 3.63) is 70.8 Å². The number of carbonyl (C=O) groups is 6. The first-order chi connectivity index (χ1) is 24.6. The van der Waals surface area contributed by atoms with Crippen molar-refractivity contribution in [1.82, 2.24) is 9.80 Å². The van der Waals surface area contributed by atoms with Crippen LogP contribution in [0.4, 0.5) is 18.3 Å². The zero-order chi connectivity index (χ0) is 43.7. The van der Waals surface area contributed by atoms with Gasteiger partial charge >= 0.3 is 39.0 Å². The van der Waals surface area contributed by atoms with Gasteiger partial charge in [-0.1, -0.05) is 104 Å². The third kappa shape index (κ3) is 40.6. The van der Waals surface area contributed by atoms with E-state index in [1.165, 1.54) is 9.80 Å². The van der Waals surface area contributed by atoms with Crippen LogP contribution in [0.15, 0.2) is 48.5 Å². The molecule has 0 aromatic heterocycles. The van der Waals surface area contributed by atoms with Crippen LogP contribution >= 0.6 is 0 Å². The number of amides is 2. The molecule has 23 heteroatoms. The van der Waals surface area contributed by atoms with Gasteiger partial charge in [-0.25, -0.2) is 0 Å². The van der Waals surface area contributed by atoms with E-state index in [2.05, 4.69) is 0 Å². The van der Waals surface area contributed by atoms with Gasteiger partial charge in [-0.2, -0.15) is 0 Å². The second-order valence-corrected chi connectivity index (χ2v) is 15.2. The zero-order valence-corrected chi connectivity index (χ0v) is 41.8. The average Bonchev–Trinajstić information content (AvgIpc) is 3.06. The minimum atomic E-state index is -1.10. The van der Waals surface area contributed by atoms with Gasteiger partial charge in [-0.05, 0) is 47.9 Å². The first kappa shape index (κ1) is 85.1. The summed E-state index contributed by atoms with van der Waals surface area (Å²) in [6.45, 7) is 12.9. The van der Waals surface area contributed by atoms with Crippen molar-refractivity contribution < 1.29 is 125 Å². The molecule has 0 bridgehead atoms. The van der Waals surface area contributed by atoms with Crippen molar-refractivity contribution in [2.75, 3.05) is 28.2 Å². The van der Waals surface area contributed by atoms with Crippen molar-refractivity contribution >= 4 is 61.1 Å². The summed E-state index contributed by atoms with van der Waals surface area (Å²) >= 11 is 0. The second kappa shape index (κ2) is 42.1. The maximum atomic E-state index is 11.0. The van der Waals surface area contributed by atoms with E-state index in [1.807, 2.05) is 36.4 Å². The van der Waals surface area contributed by atoms with E-state index in [4.69, 9.17) is 18.3 Å². The average molecular weight is 1170 g/mol. The maximum absolute atomic E-state index is 11.0. The third-order valence-corrected chi connectivity index (χ3v) is 7.20.